The van der Waals surface area contributed by atoms with Gasteiger partial charge in [-0.3, -0.25) is 4.79 Å². The van der Waals surface area contributed by atoms with Crippen LogP contribution in [0.4, 0.5) is 4.39 Å². The quantitative estimate of drug-likeness (QED) is 0.790. The van der Waals surface area contributed by atoms with E-state index in [0.717, 1.165) is 0 Å². The monoisotopic (exact) mass is 264 g/mol. The van der Waals surface area contributed by atoms with Crippen LogP contribution in [-0.2, 0) is 0 Å². The first-order valence-corrected chi connectivity index (χ1v) is 5.64. The van der Waals surface area contributed by atoms with Crippen molar-refractivity contribution < 1.29 is 13.9 Å². The molecule has 0 aromatic heterocycles. The van der Waals surface area contributed by atoms with E-state index < -0.39 is 5.82 Å². The Labute approximate surface area is 109 Å². The standard InChI is InChI=1S/C14H10ClFO2/c1-18-14-10(7-8-11(15)12(14)16)13(17)9-5-3-2-4-6-9/h2-8H,1H3. The number of hydrogen-bond acceptors (Lipinski definition) is 2. The van der Waals surface area contributed by atoms with Crippen LogP contribution < -0.4 is 4.74 Å². The second kappa shape index (κ2) is 5.19. The molecule has 0 unspecified atom stereocenters. The molecule has 0 bridgehead atoms. The average Bonchev–Trinajstić information content (AvgIpc) is 2.42. The van der Waals surface area contributed by atoms with Gasteiger partial charge in [-0.05, 0) is 12.1 Å². The molecule has 2 aromatic rings. The van der Waals surface area contributed by atoms with Gasteiger partial charge in [0, 0.05) is 5.56 Å². The molecule has 18 heavy (non-hydrogen) atoms. The largest absolute Gasteiger partial charge is 0.493 e. The van der Waals surface area contributed by atoms with Crippen molar-refractivity contribution in [3.63, 3.8) is 0 Å². The summed E-state index contributed by atoms with van der Waals surface area (Å²) in [7, 11) is 1.30. The lowest BCUT2D eigenvalue weighted by molar-refractivity contribution is 0.103. The number of ether oxygens (including phenoxy) is 1. The Morgan fingerprint density at radius 2 is 1.83 bits per heavy atom. The molecule has 0 saturated carbocycles. The average molecular weight is 265 g/mol. The van der Waals surface area contributed by atoms with Gasteiger partial charge in [0.2, 0.25) is 0 Å². The highest BCUT2D eigenvalue weighted by Crippen LogP contribution is 2.30. The molecular formula is C14H10ClFO2. The van der Waals surface area contributed by atoms with Crippen LogP contribution in [0, 0.1) is 5.82 Å². The van der Waals surface area contributed by atoms with Crippen LogP contribution in [0.25, 0.3) is 0 Å². The van der Waals surface area contributed by atoms with Gasteiger partial charge in [-0.2, -0.15) is 0 Å². The van der Waals surface area contributed by atoms with E-state index in [0.29, 0.717) is 5.56 Å². The number of carbonyl (C=O) groups is 1. The lowest BCUT2D eigenvalue weighted by Crippen LogP contribution is -2.05. The van der Waals surface area contributed by atoms with E-state index >= 15 is 0 Å². The zero-order chi connectivity index (χ0) is 13.1. The highest BCUT2D eigenvalue weighted by Gasteiger charge is 2.19. The number of rotatable bonds is 3. The van der Waals surface area contributed by atoms with Crippen molar-refractivity contribution in [3.05, 3.63) is 64.4 Å². The number of halogens is 2. The molecule has 0 atom stereocenters. The zero-order valence-corrected chi connectivity index (χ0v) is 10.4. The van der Waals surface area contributed by atoms with Gasteiger partial charge < -0.3 is 4.74 Å². The SMILES string of the molecule is COc1c(C(=O)c2ccccc2)ccc(Cl)c1F. The number of benzene rings is 2. The Bertz CT molecular complexity index is 582. The number of carbonyl (C=O) groups excluding carboxylic acids is 1. The molecule has 0 aliphatic carbocycles. The molecule has 4 heteroatoms. The molecule has 2 rings (SSSR count). The molecule has 92 valence electrons. The van der Waals surface area contributed by atoms with Gasteiger partial charge in [0.1, 0.15) is 0 Å². The maximum Gasteiger partial charge on any atom is 0.196 e. The van der Waals surface area contributed by atoms with E-state index in [1.54, 1.807) is 30.3 Å². The van der Waals surface area contributed by atoms with Gasteiger partial charge in [0.05, 0.1) is 17.7 Å². The lowest BCUT2D eigenvalue weighted by atomic mass is 10.0. The van der Waals surface area contributed by atoms with Crippen molar-refractivity contribution >= 4 is 17.4 Å². The molecule has 0 spiro atoms. The van der Waals surface area contributed by atoms with Gasteiger partial charge in [-0.1, -0.05) is 41.9 Å². The van der Waals surface area contributed by atoms with Crippen LogP contribution in [0.5, 0.6) is 5.75 Å². The van der Waals surface area contributed by atoms with E-state index in [-0.39, 0.29) is 22.1 Å². The van der Waals surface area contributed by atoms with Crippen molar-refractivity contribution in [1.29, 1.82) is 0 Å². The molecule has 0 amide bonds. The normalized spacial score (nSPS) is 10.2. The van der Waals surface area contributed by atoms with E-state index in [2.05, 4.69) is 0 Å². The molecule has 0 aliphatic heterocycles. The molecule has 0 heterocycles. The first kappa shape index (κ1) is 12.6. The van der Waals surface area contributed by atoms with Crippen molar-refractivity contribution in [1.82, 2.24) is 0 Å². The van der Waals surface area contributed by atoms with Crippen molar-refractivity contribution in [2.75, 3.05) is 7.11 Å². The first-order valence-electron chi connectivity index (χ1n) is 5.27. The van der Waals surface area contributed by atoms with Crippen molar-refractivity contribution in [2.45, 2.75) is 0 Å². The molecule has 0 radical (unpaired) electrons. The fourth-order valence-electron chi connectivity index (χ4n) is 1.66. The number of methoxy groups -OCH3 is 1. The molecule has 0 N–H and O–H groups in total. The van der Waals surface area contributed by atoms with Gasteiger partial charge in [-0.25, -0.2) is 4.39 Å². The predicted octanol–water partition coefficient (Wildman–Crippen LogP) is 3.72. The van der Waals surface area contributed by atoms with Crippen LogP contribution in [0.15, 0.2) is 42.5 Å². The van der Waals surface area contributed by atoms with Gasteiger partial charge in [-0.15, -0.1) is 0 Å². The summed E-state index contributed by atoms with van der Waals surface area (Å²) in [5, 5.41) is -0.0727. The molecule has 0 fully saturated rings. The molecule has 0 aliphatic rings. The third kappa shape index (κ3) is 2.22. The minimum atomic E-state index is -0.721. The lowest BCUT2D eigenvalue weighted by Gasteiger charge is -2.09. The summed E-state index contributed by atoms with van der Waals surface area (Å²) in [6, 6.07) is 11.4. The van der Waals surface area contributed by atoms with Crippen LogP contribution >= 0.6 is 11.6 Å². The van der Waals surface area contributed by atoms with Crippen LogP contribution in [0.3, 0.4) is 0 Å². The Morgan fingerprint density at radius 1 is 1.17 bits per heavy atom. The van der Waals surface area contributed by atoms with Crippen LogP contribution in [0.2, 0.25) is 5.02 Å². The Morgan fingerprint density at radius 3 is 2.44 bits per heavy atom. The van der Waals surface area contributed by atoms with Gasteiger partial charge in [0.25, 0.3) is 0 Å². The Kier molecular flexibility index (Phi) is 3.63. The van der Waals surface area contributed by atoms with E-state index in [4.69, 9.17) is 16.3 Å². The van der Waals surface area contributed by atoms with Crippen molar-refractivity contribution in [3.8, 4) is 5.75 Å². The fourth-order valence-corrected chi connectivity index (χ4v) is 1.80. The zero-order valence-electron chi connectivity index (χ0n) is 9.61. The van der Waals surface area contributed by atoms with Crippen LogP contribution in [-0.4, -0.2) is 12.9 Å². The summed E-state index contributed by atoms with van der Waals surface area (Å²) >= 11 is 5.65. The maximum absolute atomic E-state index is 13.7. The second-order valence-electron chi connectivity index (χ2n) is 3.64. The Hall–Kier alpha value is -1.87. The van der Waals surface area contributed by atoms with E-state index in [1.807, 2.05) is 0 Å². The molecular weight excluding hydrogens is 255 g/mol. The minimum absolute atomic E-state index is 0.0727. The molecule has 2 nitrogen and oxygen atoms in total. The topological polar surface area (TPSA) is 26.3 Å². The maximum atomic E-state index is 13.7. The summed E-state index contributed by atoms with van der Waals surface area (Å²) in [4.78, 5) is 12.2. The predicted molar refractivity (Wildman–Crippen MR) is 67.8 cm³/mol. The Balaban J connectivity index is 2.52. The number of ketones is 1. The smallest absolute Gasteiger partial charge is 0.196 e. The number of hydrogen-bond donors (Lipinski definition) is 0. The molecule has 0 saturated heterocycles. The third-order valence-electron chi connectivity index (χ3n) is 2.53. The minimum Gasteiger partial charge on any atom is -0.493 e. The van der Waals surface area contributed by atoms with E-state index in [9.17, 15) is 9.18 Å². The highest BCUT2D eigenvalue weighted by atomic mass is 35.5. The summed E-state index contributed by atoms with van der Waals surface area (Å²) in [5.74, 6) is -1.15. The highest BCUT2D eigenvalue weighted by molar-refractivity contribution is 6.31. The fraction of sp³-hybridized carbons (Fsp3) is 0.0714. The summed E-state index contributed by atoms with van der Waals surface area (Å²) in [6.07, 6.45) is 0. The van der Waals surface area contributed by atoms with Crippen molar-refractivity contribution in [2.24, 2.45) is 0 Å². The molecule has 2 aromatic carbocycles. The third-order valence-corrected chi connectivity index (χ3v) is 2.83. The van der Waals surface area contributed by atoms with Crippen LogP contribution in [0.1, 0.15) is 15.9 Å². The summed E-state index contributed by atoms with van der Waals surface area (Å²) in [5.41, 5.74) is 0.628. The van der Waals surface area contributed by atoms with E-state index in [1.165, 1.54) is 19.2 Å². The van der Waals surface area contributed by atoms with Gasteiger partial charge in [0.15, 0.2) is 17.3 Å². The summed E-state index contributed by atoms with van der Waals surface area (Å²) < 4.78 is 18.6. The second-order valence-corrected chi connectivity index (χ2v) is 4.04. The van der Waals surface area contributed by atoms with Gasteiger partial charge >= 0.3 is 0 Å². The summed E-state index contributed by atoms with van der Waals surface area (Å²) in [6.45, 7) is 0. The first-order chi connectivity index (χ1) is 8.65.